The molecule has 0 aliphatic carbocycles. The molecule has 2 aliphatic rings. The van der Waals surface area contributed by atoms with E-state index in [4.69, 9.17) is 18.6 Å². The Balaban J connectivity index is 1.35. The maximum absolute atomic E-state index is 11.6. The topological polar surface area (TPSA) is 98.5 Å². The molecule has 7 nitrogen and oxygen atoms in total. The molecule has 138 valence electrons. The molecule has 2 aliphatic heterocycles. The molecule has 0 spiro atoms. The van der Waals surface area contributed by atoms with Gasteiger partial charge in [0, 0.05) is 30.4 Å². The quantitative estimate of drug-likeness (QED) is 0.493. The van der Waals surface area contributed by atoms with Gasteiger partial charge in [0.05, 0.1) is 5.60 Å². The van der Waals surface area contributed by atoms with Crippen molar-refractivity contribution in [3.8, 4) is 5.75 Å². The Labute approximate surface area is 149 Å². The van der Waals surface area contributed by atoms with Gasteiger partial charge in [-0.25, -0.2) is 9.59 Å². The fourth-order valence-corrected chi connectivity index (χ4v) is 3.40. The van der Waals surface area contributed by atoms with Crippen LogP contribution in [0.15, 0.2) is 39.5 Å². The zero-order valence-electron chi connectivity index (χ0n) is 14.6. The van der Waals surface area contributed by atoms with Gasteiger partial charge in [0.15, 0.2) is 5.60 Å². The van der Waals surface area contributed by atoms with Crippen molar-refractivity contribution in [2.75, 3.05) is 6.61 Å². The van der Waals surface area contributed by atoms with Gasteiger partial charge in [-0.15, -0.1) is 0 Å². The number of fused-ring (bicyclic) bond motifs is 1. The van der Waals surface area contributed by atoms with Crippen molar-refractivity contribution in [3.63, 3.8) is 0 Å². The molecule has 4 atom stereocenters. The first-order valence-corrected chi connectivity index (χ1v) is 8.53. The molecule has 2 aromatic rings. The van der Waals surface area contributed by atoms with E-state index in [-0.39, 0.29) is 18.6 Å². The molecule has 0 radical (unpaired) electrons. The molecule has 0 saturated carbocycles. The molecule has 4 rings (SSSR count). The van der Waals surface area contributed by atoms with Crippen molar-refractivity contribution in [2.45, 2.75) is 50.1 Å². The smallest absolute Gasteiger partial charge is 0.338 e. The van der Waals surface area contributed by atoms with E-state index in [0.29, 0.717) is 24.4 Å². The first-order valence-electron chi connectivity index (χ1n) is 8.53. The summed E-state index contributed by atoms with van der Waals surface area (Å²) in [6, 6.07) is 8.37. The summed E-state index contributed by atoms with van der Waals surface area (Å²) < 4.78 is 21.8. The lowest BCUT2D eigenvalue weighted by Gasteiger charge is -2.13. The summed E-state index contributed by atoms with van der Waals surface area (Å²) in [7, 11) is 0. The Morgan fingerprint density at radius 3 is 2.73 bits per heavy atom. The lowest BCUT2D eigenvalue weighted by molar-refractivity contribution is -0.153. The van der Waals surface area contributed by atoms with Crippen molar-refractivity contribution in [3.05, 3.63) is 40.8 Å². The number of carbonyl (C=O) groups is 1. The van der Waals surface area contributed by atoms with E-state index < -0.39 is 22.8 Å². The maximum Gasteiger partial charge on any atom is 0.338 e. The van der Waals surface area contributed by atoms with Crippen molar-refractivity contribution in [1.29, 1.82) is 0 Å². The van der Waals surface area contributed by atoms with Gasteiger partial charge in [-0.3, -0.25) is 0 Å². The van der Waals surface area contributed by atoms with E-state index >= 15 is 0 Å². The van der Waals surface area contributed by atoms with Crippen LogP contribution in [0.1, 0.15) is 26.7 Å². The van der Waals surface area contributed by atoms with E-state index in [1.165, 1.54) is 13.0 Å². The number of benzene rings is 1. The Morgan fingerprint density at radius 2 is 2.00 bits per heavy atom. The van der Waals surface area contributed by atoms with Crippen LogP contribution < -0.4 is 10.4 Å². The van der Waals surface area contributed by atoms with Gasteiger partial charge >= 0.3 is 11.6 Å². The molecule has 0 amide bonds. The number of ether oxygens (including phenoxy) is 3. The fraction of sp³-hybridized carbons (Fsp3) is 0.474. The van der Waals surface area contributed by atoms with Gasteiger partial charge in [0.2, 0.25) is 0 Å². The highest BCUT2D eigenvalue weighted by Gasteiger charge is 2.56. The number of cyclic esters (lactones) is 1. The number of aliphatic hydroxyl groups is 1. The Kier molecular flexibility index (Phi) is 3.82. The van der Waals surface area contributed by atoms with E-state index in [2.05, 4.69) is 0 Å². The molecule has 0 bridgehead atoms. The minimum absolute atomic E-state index is 0.134. The molecule has 1 aromatic heterocycles. The Bertz CT molecular complexity index is 915. The van der Waals surface area contributed by atoms with Gasteiger partial charge in [0.1, 0.15) is 30.1 Å². The largest absolute Gasteiger partial charge is 0.491 e. The number of rotatable bonds is 5. The van der Waals surface area contributed by atoms with Crippen molar-refractivity contribution < 1.29 is 28.5 Å². The monoisotopic (exact) mass is 360 g/mol. The van der Waals surface area contributed by atoms with Crippen LogP contribution in [0.4, 0.5) is 0 Å². The highest BCUT2D eigenvalue weighted by molar-refractivity contribution is 5.81. The van der Waals surface area contributed by atoms with Crippen LogP contribution in [-0.4, -0.2) is 41.1 Å². The highest BCUT2D eigenvalue weighted by atomic mass is 16.6. The molecular weight excluding hydrogens is 340 g/mol. The van der Waals surface area contributed by atoms with Gasteiger partial charge in [0.25, 0.3) is 0 Å². The standard InChI is InChI=1S/C19H20O7/c1-18(22)8-13(24-17(18)21)9-19(2)15(26-19)10-23-12-5-3-11-4-6-16(20)25-14(11)7-12/h3-7,13,15,22H,8-10H2,1-2H3/t13-,15-,18+,19+/m0/s1. The number of esters is 1. The third kappa shape index (κ3) is 3.20. The SMILES string of the molecule is C[C@]1(C[C@@H]2C[C@@](C)(O)C(=O)O2)O[C@H]1COc1ccc2ccc(=O)oc2c1. The number of carbonyl (C=O) groups excluding carboxylic acids is 1. The summed E-state index contributed by atoms with van der Waals surface area (Å²) in [5.74, 6) is -0.00265. The summed E-state index contributed by atoms with van der Waals surface area (Å²) in [6.07, 6.45) is 0.282. The number of hydrogen-bond acceptors (Lipinski definition) is 7. The molecule has 3 heterocycles. The van der Waals surface area contributed by atoms with Crippen molar-refractivity contribution >= 4 is 16.9 Å². The van der Waals surface area contributed by atoms with Crippen LogP contribution in [0.5, 0.6) is 5.75 Å². The summed E-state index contributed by atoms with van der Waals surface area (Å²) in [4.78, 5) is 22.9. The van der Waals surface area contributed by atoms with E-state index in [0.717, 1.165) is 5.39 Å². The Morgan fingerprint density at radius 1 is 1.23 bits per heavy atom. The molecular formula is C19H20O7. The lowest BCUT2D eigenvalue weighted by Crippen LogP contribution is -2.29. The summed E-state index contributed by atoms with van der Waals surface area (Å²) in [5.41, 5.74) is -1.81. The molecule has 0 unspecified atom stereocenters. The second-order valence-electron chi connectivity index (χ2n) is 7.39. The fourth-order valence-electron chi connectivity index (χ4n) is 3.40. The van der Waals surface area contributed by atoms with Gasteiger partial charge in [-0.2, -0.15) is 0 Å². The first-order chi connectivity index (χ1) is 12.2. The molecule has 7 heteroatoms. The summed E-state index contributed by atoms with van der Waals surface area (Å²) >= 11 is 0. The second-order valence-corrected chi connectivity index (χ2v) is 7.39. The normalized spacial score (nSPS) is 33.3. The molecule has 2 saturated heterocycles. The Hall–Kier alpha value is -2.38. The van der Waals surface area contributed by atoms with Crippen LogP contribution in [0.3, 0.4) is 0 Å². The zero-order valence-corrected chi connectivity index (χ0v) is 14.6. The number of epoxide rings is 1. The minimum atomic E-state index is -1.42. The van der Waals surface area contributed by atoms with Crippen molar-refractivity contribution in [1.82, 2.24) is 0 Å². The molecule has 1 N–H and O–H groups in total. The zero-order chi connectivity index (χ0) is 18.5. The number of hydrogen-bond donors (Lipinski definition) is 1. The predicted molar refractivity (Wildman–Crippen MR) is 91.0 cm³/mol. The van der Waals surface area contributed by atoms with E-state index in [9.17, 15) is 14.7 Å². The maximum atomic E-state index is 11.6. The second kappa shape index (κ2) is 5.82. The van der Waals surface area contributed by atoms with Crippen molar-refractivity contribution in [2.24, 2.45) is 0 Å². The average molecular weight is 360 g/mol. The third-order valence-electron chi connectivity index (χ3n) is 5.00. The predicted octanol–water partition coefficient (Wildman–Crippen LogP) is 1.79. The van der Waals surface area contributed by atoms with Gasteiger partial charge in [-0.1, -0.05) is 0 Å². The average Bonchev–Trinajstić information content (AvgIpc) is 3.12. The summed E-state index contributed by atoms with van der Waals surface area (Å²) in [6.45, 7) is 3.72. The minimum Gasteiger partial charge on any atom is -0.491 e. The first kappa shape index (κ1) is 17.1. The third-order valence-corrected chi connectivity index (χ3v) is 5.00. The summed E-state index contributed by atoms with van der Waals surface area (Å²) in [5, 5.41) is 10.7. The molecule has 26 heavy (non-hydrogen) atoms. The van der Waals surface area contributed by atoms with E-state index in [1.54, 1.807) is 18.2 Å². The van der Waals surface area contributed by atoms with E-state index in [1.807, 2.05) is 13.0 Å². The van der Waals surface area contributed by atoms with Crippen LogP contribution >= 0.6 is 0 Å². The van der Waals surface area contributed by atoms with Gasteiger partial charge < -0.3 is 23.7 Å². The van der Waals surface area contributed by atoms with Crippen LogP contribution in [0.2, 0.25) is 0 Å². The van der Waals surface area contributed by atoms with Crippen LogP contribution in [-0.2, 0) is 14.3 Å². The van der Waals surface area contributed by atoms with Crippen LogP contribution in [0.25, 0.3) is 11.0 Å². The van der Waals surface area contributed by atoms with Crippen LogP contribution in [0, 0.1) is 0 Å². The van der Waals surface area contributed by atoms with Gasteiger partial charge in [-0.05, 0) is 32.0 Å². The molecule has 1 aromatic carbocycles. The molecule has 2 fully saturated rings. The lowest BCUT2D eigenvalue weighted by atomic mass is 9.94. The highest BCUT2D eigenvalue weighted by Crippen LogP contribution is 2.43.